The van der Waals surface area contributed by atoms with Gasteiger partial charge in [-0.1, -0.05) is 31.5 Å². The molecule has 120 valence electrons. The largest absolute Gasteiger partial charge is 0.378 e. The Kier molecular flexibility index (Phi) is 3.80. The van der Waals surface area contributed by atoms with Crippen molar-refractivity contribution in [2.24, 2.45) is 5.73 Å². The summed E-state index contributed by atoms with van der Waals surface area (Å²) < 4.78 is 13.4. The van der Waals surface area contributed by atoms with E-state index in [-0.39, 0.29) is 16.5 Å². The van der Waals surface area contributed by atoms with Crippen LogP contribution in [0, 0.1) is 5.82 Å². The highest BCUT2D eigenvalue weighted by Gasteiger charge is 2.34. The predicted molar refractivity (Wildman–Crippen MR) is 90.4 cm³/mol. The smallest absolute Gasteiger partial charge is 0.248 e. The Morgan fingerprint density at radius 1 is 1.30 bits per heavy atom. The quantitative estimate of drug-likeness (QED) is 0.855. The Morgan fingerprint density at radius 3 is 2.70 bits per heavy atom. The molecule has 0 bridgehead atoms. The molecule has 3 rings (SSSR count). The molecule has 2 aromatic rings. The third-order valence-electron chi connectivity index (χ3n) is 4.42. The van der Waals surface area contributed by atoms with E-state index in [9.17, 15) is 9.18 Å². The summed E-state index contributed by atoms with van der Waals surface area (Å²) in [7, 11) is 0. The average molecular weight is 333 g/mol. The van der Waals surface area contributed by atoms with E-state index in [1.165, 1.54) is 6.07 Å². The van der Waals surface area contributed by atoms with Gasteiger partial charge in [-0.2, -0.15) is 0 Å². The van der Waals surface area contributed by atoms with Crippen LogP contribution in [0.5, 0.6) is 0 Å². The lowest BCUT2D eigenvalue weighted by molar-refractivity contribution is 0.1000. The molecule has 1 heterocycles. The van der Waals surface area contributed by atoms with Crippen molar-refractivity contribution in [3.05, 3.63) is 63.9 Å². The van der Waals surface area contributed by atoms with Gasteiger partial charge in [0.15, 0.2) is 0 Å². The third-order valence-corrected chi connectivity index (χ3v) is 4.71. The SMILES string of the molecule is CC1(C)CC(c2ccc(F)c(Cl)c2)Nc2ccc(C(N)=O)cc21. The maximum Gasteiger partial charge on any atom is 0.248 e. The minimum atomic E-state index is -0.434. The molecule has 0 aromatic heterocycles. The normalized spacial score (nSPS) is 18.9. The number of carbonyl (C=O) groups is 1. The summed E-state index contributed by atoms with van der Waals surface area (Å²) in [5.74, 6) is -0.854. The summed E-state index contributed by atoms with van der Waals surface area (Å²) in [6.45, 7) is 4.24. The van der Waals surface area contributed by atoms with E-state index in [0.717, 1.165) is 23.2 Å². The number of nitrogens with two attached hydrogens (primary N) is 1. The number of hydrogen-bond donors (Lipinski definition) is 2. The number of primary amides is 1. The van der Waals surface area contributed by atoms with E-state index in [0.29, 0.717) is 5.56 Å². The van der Waals surface area contributed by atoms with Gasteiger partial charge in [-0.3, -0.25) is 4.79 Å². The van der Waals surface area contributed by atoms with E-state index < -0.39 is 11.7 Å². The van der Waals surface area contributed by atoms with Crippen LogP contribution < -0.4 is 11.1 Å². The molecule has 1 aliphatic heterocycles. The van der Waals surface area contributed by atoms with Crippen molar-refractivity contribution in [2.45, 2.75) is 31.7 Å². The van der Waals surface area contributed by atoms with Gasteiger partial charge in [0.05, 0.1) is 11.1 Å². The monoisotopic (exact) mass is 332 g/mol. The summed E-state index contributed by atoms with van der Waals surface area (Å²) in [6, 6.07) is 10.2. The number of anilines is 1. The third kappa shape index (κ3) is 2.91. The van der Waals surface area contributed by atoms with E-state index in [2.05, 4.69) is 19.2 Å². The van der Waals surface area contributed by atoms with Crippen LogP contribution >= 0.6 is 11.6 Å². The first kappa shape index (κ1) is 15.8. The van der Waals surface area contributed by atoms with Crippen LogP contribution in [0.1, 0.15) is 47.8 Å². The van der Waals surface area contributed by atoms with Gasteiger partial charge in [-0.25, -0.2) is 4.39 Å². The van der Waals surface area contributed by atoms with Crippen molar-refractivity contribution in [2.75, 3.05) is 5.32 Å². The Morgan fingerprint density at radius 2 is 2.04 bits per heavy atom. The molecule has 2 aromatic carbocycles. The van der Waals surface area contributed by atoms with Crippen molar-refractivity contribution in [3.63, 3.8) is 0 Å². The lowest BCUT2D eigenvalue weighted by Gasteiger charge is -2.39. The fourth-order valence-corrected chi connectivity index (χ4v) is 3.36. The number of rotatable bonds is 2. The van der Waals surface area contributed by atoms with Crippen molar-refractivity contribution in [1.29, 1.82) is 0 Å². The van der Waals surface area contributed by atoms with Gasteiger partial charge in [0.25, 0.3) is 0 Å². The minimum absolute atomic E-state index is 0.0232. The first-order chi connectivity index (χ1) is 10.8. The molecule has 0 spiro atoms. The van der Waals surface area contributed by atoms with Gasteiger partial charge < -0.3 is 11.1 Å². The molecule has 3 nitrogen and oxygen atoms in total. The van der Waals surface area contributed by atoms with Gasteiger partial charge >= 0.3 is 0 Å². The lowest BCUT2D eigenvalue weighted by Crippen LogP contribution is -2.31. The number of fused-ring (bicyclic) bond motifs is 1. The standard InChI is InChI=1S/C18H18ClFN2O/c1-18(2)9-16(10-3-5-14(20)13(19)8-10)22-15-6-4-11(17(21)23)7-12(15)18/h3-8,16,22H,9H2,1-2H3,(H2,21,23). The molecule has 0 aliphatic carbocycles. The fourth-order valence-electron chi connectivity index (χ4n) is 3.17. The Bertz CT molecular complexity index is 789. The van der Waals surface area contributed by atoms with E-state index in [1.54, 1.807) is 18.2 Å². The van der Waals surface area contributed by atoms with Crippen LogP contribution in [0.15, 0.2) is 36.4 Å². The zero-order chi connectivity index (χ0) is 16.8. The first-order valence-electron chi connectivity index (χ1n) is 7.44. The number of nitrogens with one attached hydrogen (secondary N) is 1. The van der Waals surface area contributed by atoms with Crippen molar-refractivity contribution in [1.82, 2.24) is 0 Å². The summed E-state index contributed by atoms with van der Waals surface area (Å²) in [5.41, 5.74) is 8.67. The Hall–Kier alpha value is -2.07. The van der Waals surface area contributed by atoms with Crippen LogP contribution in [0.3, 0.4) is 0 Å². The number of benzene rings is 2. The van der Waals surface area contributed by atoms with Crippen LogP contribution in [-0.4, -0.2) is 5.91 Å². The highest BCUT2D eigenvalue weighted by atomic mass is 35.5. The number of hydrogen-bond acceptors (Lipinski definition) is 2. The minimum Gasteiger partial charge on any atom is -0.378 e. The molecule has 3 N–H and O–H groups in total. The summed E-state index contributed by atoms with van der Waals surface area (Å²) in [6.07, 6.45) is 0.796. The van der Waals surface area contributed by atoms with Crippen LogP contribution in [0.25, 0.3) is 0 Å². The van der Waals surface area contributed by atoms with Gasteiger partial charge in [-0.05, 0) is 53.3 Å². The lowest BCUT2D eigenvalue weighted by atomic mass is 9.73. The Balaban J connectivity index is 2.01. The van der Waals surface area contributed by atoms with E-state index in [4.69, 9.17) is 17.3 Å². The second kappa shape index (κ2) is 5.53. The maximum atomic E-state index is 13.4. The molecule has 1 aliphatic rings. The second-order valence-electron chi connectivity index (χ2n) is 6.58. The topological polar surface area (TPSA) is 55.1 Å². The summed E-state index contributed by atoms with van der Waals surface area (Å²) in [4.78, 5) is 11.4. The molecule has 1 unspecified atom stereocenters. The van der Waals surface area contributed by atoms with Gasteiger partial charge in [0, 0.05) is 11.3 Å². The zero-order valence-corrected chi connectivity index (χ0v) is 13.7. The molecule has 0 radical (unpaired) electrons. The maximum absolute atomic E-state index is 13.4. The molecule has 5 heteroatoms. The predicted octanol–water partition coefficient (Wildman–Crippen LogP) is 4.41. The molecule has 1 amide bonds. The molecular weight excluding hydrogens is 315 g/mol. The number of halogens is 2. The van der Waals surface area contributed by atoms with Gasteiger partial charge in [0.2, 0.25) is 5.91 Å². The molecule has 23 heavy (non-hydrogen) atoms. The molecule has 0 fully saturated rings. The van der Waals surface area contributed by atoms with Crippen LogP contribution in [-0.2, 0) is 5.41 Å². The second-order valence-corrected chi connectivity index (χ2v) is 6.99. The highest BCUT2D eigenvalue weighted by Crippen LogP contribution is 2.44. The van der Waals surface area contributed by atoms with Crippen molar-refractivity contribution >= 4 is 23.2 Å². The zero-order valence-electron chi connectivity index (χ0n) is 13.0. The molecule has 1 atom stereocenters. The molecule has 0 saturated carbocycles. The number of carbonyl (C=O) groups excluding carboxylic acids is 1. The number of amides is 1. The van der Waals surface area contributed by atoms with Crippen molar-refractivity contribution in [3.8, 4) is 0 Å². The van der Waals surface area contributed by atoms with Crippen molar-refractivity contribution < 1.29 is 9.18 Å². The molecular formula is C18H18ClFN2O. The summed E-state index contributed by atoms with van der Waals surface area (Å²) in [5, 5.41) is 3.57. The first-order valence-corrected chi connectivity index (χ1v) is 7.81. The fraction of sp³-hybridized carbons (Fsp3) is 0.278. The summed E-state index contributed by atoms with van der Waals surface area (Å²) >= 11 is 5.91. The van der Waals surface area contributed by atoms with Crippen LogP contribution in [0.4, 0.5) is 10.1 Å². The average Bonchev–Trinajstić information content (AvgIpc) is 2.49. The highest BCUT2D eigenvalue weighted by molar-refractivity contribution is 6.30. The van der Waals surface area contributed by atoms with Gasteiger partial charge in [0.1, 0.15) is 5.82 Å². The van der Waals surface area contributed by atoms with E-state index in [1.807, 2.05) is 12.1 Å². The molecule has 0 saturated heterocycles. The Labute approximate surface area is 139 Å². The van der Waals surface area contributed by atoms with E-state index >= 15 is 0 Å². The van der Waals surface area contributed by atoms with Gasteiger partial charge in [-0.15, -0.1) is 0 Å². The van der Waals surface area contributed by atoms with Crippen LogP contribution in [0.2, 0.25) is 5.02 Å².